The Morgan fingerprint density at radius 2 is 2.40 bits per heavy atom. The van der Waals surface area contributed by atoms with Gasteiger partial charge in [-0.2, -0.15) is 0 Å². The number of hydrogen-bond donors (Lipinski definition) is 2. The largest absolute Gasteiger partial charge is 0.480 e. The van der Waals surface area contributed by atoms with Crippen molar-refractivity contribution < 1.29 is 19.4 Å². The van der Waals surface area contributed by atoms with Crippen molar-refractivity contribution in [3.8, 4) is 0 Å². The van der Waals surface area contributed by atoms with Crippen LogP contribution in [0.4, 0.5) is 0 Å². The summed E-state index contributed by atoms with van der Waals surface area (Å²) in [5, 5.41) is 18.8. The van der Waals surface area contributed by atoms with Gasteiger partial charge in [0, 0.05) is 13.0 Å². The molecular weight excluding hydrogens is 264 g/mol. The van der Waals surface area contributed by atoms with Crippen LogP contribution >= 0.6 is 0 Å². The first-order valence-electron chi connectivity index (χ1n) is 6.62. The van der Waals surface area contributed by atoms with Crippen LogP contribution in [-0.2, 0) is 27.4 Å². The molecule has 0 aliphatic carbocycles. The number of ether oxygens (including phenoxy) is 1. The molecule has 1 aromatic heterocycles. The van der Waals surface area contributed by atoms with Gasteiger partial charge in [0.2, 0.25) is 5.91 Å². The zero-order chi connectivity index (χ0) is 14.4. The first-order chi connectivity index (χ1) is 9.63. The predicted octanol–water partition coefficient (Wildman–Crippen LogP) is -0.0619. The molecule has 0 saturated carbocycles. The summed E-state index contributed by atoms with van der Waals surface area (Å²) in [6.45, 7) is 0.808. The number of amides is 1. The van der Waals surface area contributed by atoms with Crippen LogP contribution in [0.5, 0.6) is 0 Å². The molecular formula is C12H18N4O4. The van der Waals surface area contributed by atoms with E-state index in [1.165, 1.54) is 10.9 Å². The van der Waals surface area contributed by atoms with Crippen molar-refractivity contribution in [1.29, 1.82) is 0 Å². The number of hydrogen-bond acceptors (Lipinski definition) is 5. The van der Waals surface area contributed by atoms with E-state index in [0.717, 1.165) is 25.9 Å². The highest BCUT2D eigenvalue weighted by atomic mass is 16.5. The second kappa shape index (κ2) is 6.99. The minimum atomic E-state index is -0.984. The van der Waals surface area contributed by atoms with E-state index in [2.05, 4.69) is 15.6 Å². The number of aromatic nitrogens is 3. The van der Waals surface area contributed by atoms with Crippen molar-refractivity contribution in [2.45, 2.75) is 44.9 Å². The second-order valence-electron chi connectivity index (χ2n) is 4.75. The average Bonchev–Trinajstić information content (AvgIpc) is 3.04. The monoisotopic (exact) mass is 282 g/mol. The molecule has 1 saturated heterocycles. The fourth-order valence-corrected chi connectivity index (χ4v) is 2.08. The van der Waals surface area contributed by atoms with Crippen LogP contribution in [0.1, 0.15) is 31.4 Å². The van der Waals surface area contributed by atoms with Crippen LogP contribution in [0.15, 0.2) is 6.20 Å². The minimum Gasteiger partial charge on any atom is -0.480 e. The smallest absolute Gasteiger partial charge is 0.325 e. The van der Waals surface area contributed by atoms with Gasteiger partial charge in [0.1, 0.15) is 12.2 Å². The van der Waals surface area contributed by atoms with E-state index in [1.54, 1.807) is 0 Å². The van der Waals surface area contributed by atoms with E-state index in [-0.39, 0.29) is 25.1 Å². The molecule has 0 aromatic carbocycles. The zero-order valence-corrected chi connectivity index (χ0v) is 11.1. The molecule has 1 aromatic rings. The third-order valence-corrected chi connectivity index (χ3v) is 3.07. The lowest BCUT2D eigenvalue weighted by atomic mass is 10.1. The Kier molecular flexibility index (Phi) is 5.05. The van der Waals surface area contributed by atoms with Gasteiger partial charge in [0.15, 0.2) is 0 Å². The van der Waals surface area contributed by atoms with Gasteiger partial charge in [-0.1, -0.05) is 5.21 Å². The quantitative estimate of drug-likeness (QED) is 0.725. The third-order valence-electron chi connectivity index (χ3n) is 3.07. The standard InChI is InChI=1S/C12H18N4O4/c17-11(4-3-10-2-1-5-20-10)13-6-9-7-16(15-14-9)8-12(18)19/h7,10H,1-6,8H2,(H,13,17)(H,18,19). The van der Waals surface area contributed by atoms with E-state index in [0.29, 0.717) is 12.1 Å². The van der Waals surface area contributed by atoms with Gasteiger partial charge in [-0.05, 0) is 19.3 Å². The van der Waals surface area contributed by atoms with Gasteiger partial charge in [-0.3, -0.25) is 9.59 Å². The number of aliphatic carboxylic acids is 1. The predicted molar refractivity (Wildman–Crippen MR) is 67.7 cm³/mol. The zero-order valence-electron chi connectivity index (χ0n) is 11.1. The van der Waals surface area contributed by atoms with Crippen molar-refractivity contribution >= 4 is 11.9 Å². The normalized spacial score (nSPS) is 18.1. The number of carbonyl (C=O) groups excluding carboxylic acids is 1. The third kappa shape index (κ3) is 4.61. The van der Waals surface area contributed by atoms with E-state index in [1.807, 2.05) is 0 Å². The number of carboxylic acid groups (broad SMARTS) is 1. The Balaban J connectivity index is 1.67. The molecule has 8 nitrogen and oxygen atoms in total. The van der Waals surface area contributed by atoms with Crippen molar-refractivity contribution in [3.05, 3.63) is 11.9 Å². The number of carbonyl (C=O) groups is 2. The lowest BCUT2D eigenvalue weighted by molar-refractivity contribution is -0.138. The lowest BCUT2D eigenvalue weighted by Gasteiger charge is -2.08. The molecule has 1 amide bonds. The van der Waals surface area contributed by atoms with Crippen LogP contribution in [0.3, 0.4) is 0 Å². The molecule has 1 aliphatic rings. The van der Waals surface area contributed by atoms with E-state index in [4.69, 9.17) is 9.84 Å². The first kappa shape index (κ1) is 14.4. The van der Waals surface area contributed by atoms with Crippen molar-refractivity contribution in [2.75, 3.05) is 6.61 Å². The molecule has 0 bridgehead atoms. The summed E-state index contributed by atoms with van der Waals surface area (Å²) in [5.41, 5.74) is 0.539. The molecule has 1 unspecified atom stereocenters. The van der Waals surface area contributed by atoms with Crippen LogP contribution < -0.4 is 5.32 Å². The second-order valence-corrected chi connectivity index (χ2v) is 4.75. The summed E-state index contributed by atoms with van der Waals surface area (Å²) in [6, 6.07) is 0. The number of rotatable bonds is 7. The number of carboxylic acids is 1. The SMILES string of the molecule is O=C(O)Cn1cc(CNC(=O)CCC2CCCO2)nn1. The molecule has 2 rings (SSSR count). The molecule has 1 fully saturated rings. The average molecular weight is 282 g/mol. The summed E-state index contributed by atoms with van der Waals surface area (Å²) < 4.78 is 6.66. The summed E-state index contributed by atoms with van der Waals surface area (Å²) >= 11 is 0. The number of nitrogens with zero attached hydrogens (tertiary/aromatic N) is 3. The fourth-order valence-electron chi connectivity index (χ4n) is 2.08. The van der Waals surface area contributed by atoms with Gasteiger partial charge < -0.3 is 15.2 Å². The summed E-state index contributed by atoms with van der Waals surface area (Å²) in [6.07, 6.45) is 4.97. The minimum absolute atomic E-state index is 0.0618. The van der Waals surface area contributed by atoms with Gasteiger partial charge >= 0.3 is 5.97 Å². The maximum Gasteiger partial charge on any atom is 0.325 e. The molecule has 8 heteroatoms. The maximum atomic E-state index is 11.6. The Bertz CT molecular complexity index is 468. The highest BCUT2D eigenvalue weighted by Crippen LogP contribution is 2.16. The number of nitrogens with one attached hydrogen (secondary N) is 1. The van der Waals surface area contributed by atoms with E-state index < -0.39 is 5.97 Å². The Hall–Kier alpha value is -1.96. The van der Waals surface area contributed by atoms with Gasteiger partial charge in [0.05, 0.1) is 18.8 Å². The summed E-state index contributed by atoms with van der Waals surface area (Å²) in [5.74, 6) is -1.05. The first-order valence-corrected chi connectivity index (χ1v) is 6.62. The van der Waals surface area contributed by atoms with Crippen molar-refractivity contribution in [2.24, 2.45) is 0 Å². The molecule has 0 spiro atoms. The molecule has 20 heavy (non-hydrogen) atoms. The van der Waals surface area contributed by atoms with Crippen molar-refractivity contribution in [1.82, 2.24) is 20.3 Å². The Morgan fingerprint density at radius 1 is 1.55 bits per heavy atom. The fraction of sp³-hybridized carbons (Fsp3) is 0.667. The Morgan fingerprint density at radius 3 is 3.10 bits per heavy atom. The lowest BCUT2D eigenvalue weighted by Crippen LogP contribution is -2.24. The van der Waals surface area contributed by atoms with Crippen LogP contribution in [0.25, 0.3) is 0 Å². The Labute approximate surface area is 116 Å². The molecule has 0 radical (unpaired) electrons. The summed E-state index contributed by atoms with van der Waals surface area (Å²) in [7, 11) is 0. The molecule has 110 valence electrons. The van der Waals surface area contributed by atoms with E-state index >= 15 is 0 Å². The van der Waals surface area contributed by atoms with Crippen molar-refractivity contribution in [3.63, 3.8) is 0 Å². The molecule has 2 N–H and O–H groups in total. The highest BCUT2D eigenvalue weighted by Gasteiger charge is 2.16. The van der Waals surface area contributed by atoms with Gasteiger partial charge in [0.25, 0.3) is 0 Å². The highest BCUT2D eigenvalue weighted by molar-refractivity contribution is 5.75. The van der Waals surface area contributed by atoms with Crippen LogP contribution in [0, 0.1) is 0 Å². The summed E-state index contributed by atoms with van der Waals surface area (Å²) in [4.78, 5) is 22.1. The van der Waals surface area contributed by atoms with Crippen LogP contribution in [-0.4, -0.2) is 44.7 Å². The van der Waals surface area contributed by atoms with E-state index in [9.17, 15) is 9.59 Å². The molecule has 1 aliphatic heterocycles. The molecule has 1 atom stereocenters. The topological polar surface area (TPSA) is 106 Å². The van der Waals surface area contributed by atoms with Gasteiger partial charge in [-0.15, -0.1) is 5.10 Å². The van der Waals surface area contributed by atoms with Gasteiger partial charge in [-0.25, -0.2) is 4.68 Å². The maximum absolute atomic E-state index is 11.6. The molecule has 2 heterocycles. The van der Waals surface area contributed by atoms with Crippen LogP contribution in [0.2, 0.25) is 0 Å².